The lowest BCUT2D eigenvalue weighted by atomic mass is 10.2. The van der Waals surface area contributed by atoms with E-state index in [0.717, 1.165) is 24.5 Å². The van der Waals surface area contributed by atoms with Crippen LogP contribution < -0.4 is 0 Å². The number of likely N-dealkylation sites (tertiary alicyclic amines) is 1. The molecule has 2 rings (SSSR count). The molecule has 0 spiro atoms. The van der Waals surface area contributed by atoms with Gasteiger partial charge in [0.25, 0.3) is 0 Å². The van der Waals surface area contributed by atoms with Gasteiger partial charge < -0.3 is 0 Å². The monoisotopic (exact) mass is 211 g/mol. The largest absolute Gasteiger partial charge is 0.296 e. The zero-order valence-corrected chi connectivity index (χ0v) is 9.25. The topological polar surface area (TPSA) is 29.0 Å². The molecule has 1 fully saturated rings. The summed E-state index contributed by atoms with van der Waals surface area (Å²) in [6.07, 6.45) is 2.35. The Bertz CT molecular complexity index is 320. The van der Waals surface area contributed by atoms with Crippen LogP contribution in [0.15, 0.2) is 6.07 Å². The predicted molar refractivity (Wildman–Crippen MR) is 56.4 cm³/mol. The van der Waals surface area contributed by atoms with Gasteiger partial charge in [-0.15, -0.1) is 0 Å². The third kappa shape index (κ3) is 1.88. The van der Waals surface area contributed by atoms with Crippen LogP contribution in [0.4, 0.5) is 0 Å². The molecular weight excluding hydrogens is 198 g/mol. The molecule has 2 heterocycles. The molecule has 0 amide bonds. The van der Waals surface area contributed by atoms with Crippen molar-refractivity contribution < 1.29 is 0 Å². The van der Waals surface area contributed by atoms with Crippen LogP contribution >= 0.6 is 11.6 Å². The molecule has 0 radical (unpaired) electrons. The number of rotatable bonds is 1. The van der Waals surface area contributed by atoms with Gasteiger partial charge >= 0.3 is 0 Å². The summed E-state index contributed by atoms with van der Waals surface area (Å²) in [5.74, 6) is 0.870. The molecule has 0 N–H and O–H groups in total. The third-order valence-electron chi connectivity index (χ3n) is 2.66. The number of aromatic nitrogens is 2. The molecule has 1 saturated heterocycles. The molecule has 4 heteroatoms. The van der Waals surface area contributed by atoms with Crippen LogP contribution in [0.25, 0.3) is 0 Å². The van der Waals surface area contributed by atoms with Gasteiger partial charge in [0.2, 0.25) is 0 Å². The Hall–Kier alpha value is -0.670. The van der Waals surface area contributed by atoms with E-state index in [1.165, 1.54) is 6.42 Å². The van der Waals surface area contributed by atoms with Gasteiger partial charge in [-0.05, 0) is 39.4 Å². The Kier molecular flexibility index (Phi) is 2.70. The number of aryl methyl sites for hydroxylation is 1. The Labute approximate surface area is 89.1 Å². The highest BCUT2D eigenvalue weighted by Gasteiger charge is 2.25. The molecule has 0 bridgehead atoms. The highest BCUT2D eigenvalue weighted by Crippen LogP contribution is 2.28. The second-order valence-corrected chi connectivity index (χ2v) is 4.22. The molecule has 1 aliphatic rings. The zero-order valence-electron chi connectivity index (χ0n) is 8.50. The second-order valence-electron chi connectivity index (χ2n) is 3.83. The van der Waals surface area contributed by atoms with Crippen molar-refractivity contribution in [2.45, 2.75) is 25.8 Å². The first-order valence-electron chi connectivity index (χ1n) is 4.88. The molecule has 0 unspecified atom stereocenters. The van der Waals surface area contributed by atoms with E-state index < -0.39 is 0 Å². The second kappa shape index (κ2) is 3.83. The first-order chi connectivity index (χ1) is 6.66. The summed E-state index contributed by atoms with van der Waals surface area (Å²) >= 11 is 5.91. The fraction of sp³-hybridized carbons (Fsp3) is 0.600. The molecule has 76 valence electrons. The number of nitrogens with zero attached hydrogens (tertiary/aromatic N) is 3. The van der Waals surface area contributed by atoms with Crippen LogP contribution in [0.2, 0.25) is 5.15 Å². The van der Waals surface area contributed by atoms with Gasteiger partial charge in [0, 0.05) is 5.69 Å². The number of halogens is 1. The maximum atomic E-state index is 5.91. The summed E-state index contributed by atoms with van der Waals surface area (Å²) in [5.41, 5.74) is 0.945. The van der Waals surface area contributed by atoms with Crippen LogP contribution in [0.1, 0.15) is 30.4 Å². The first-order valence-corrected chi connectivity index (χ1v) is 5.26. The van der Waals surface area contributed by atoms with E-state index in [2.05, 4.69) is 21.9 Å². The van der Waals surface area contributed by atoms with Crippen molar-refractivity contribution in [3.63, 3.8) is 0 Å². The molecular formula is C10H14ClN3. The van der Waals surface area contributed by atoms with Crippen molar-refractivity contribution in [3.05, 3.63) is 22.7 Å². The van der Waals surface area contributed by atoms with E-state index in [4.69, 9.17) is 11.6 Å². The van der Waals surface area contributed by atoms with Crippen LogP contribution in [0.3, 0.4) is 0 Å². The lowest BCUT2D eigenvalue weighted by Gasteiger charge is -2.17. The molecule has 3 nitrogen and oxygen atoms in total. The van der Waals surface area contributed by atoms with Crippen molar-refractivity contribution in [2.24, 2.45) is 0 Å². The van der Waals surface area contributed by atoms with E-state index in [9.17, 15) is 0 Å². The summed E-state index contributed by atoms with van der Waals surface area (Å²) in [6, 6.07) is 2.15. The number of hydrogen-bond acceptors (Lipinski definition) is 3. The summed E-state index contributed by atoms with van der Waals surface area (Å²) in [4.78, 5) is 11.0. The van der Waals surface area contributed by atoms with Gasteiger partial charge in [-0.2, -0.15) is 0 Å². The highest BCUT2D eigenvalue weighted by molar-refractivity contribution is 6.29. The minimum absolute atomic E-state index is 0.354. The van der Waals surface area contributed by atoms with Crippen molar-refractivity contribution in [1.82, 2.24) is 14.9 Å². The molecule has 0 aliphatic carbocycles. The Morgan fingerprint density at radius 3 is 2.86 bits per heavy atom. The first kappa shape index (κ1) is 9.87. The molecule has 14 heavy (non-hydrogen) atoms. The van der Waals surface area contributed by atoms with E-state index >= 15 is 0 Å². The van der Waals surface area contributed by atoms with Crippen molar-refractivity contribution in [3.8, 4) is 0 Å². The summed E-state index contributed by atoms with van der Waals surface area (Å²) < 4.78 is 0. The van der Waals surface area contributed by atoms with Crippen molar-refractivity contribution in [2.75, 3.05) is 13.6 Å². The minimum Gasteiger partial charge on any atom is -0.296 e. The van der Waals surface area contributed by atoms with E-state index in [1.807, 2.05) is 6.92 Å². The Morgan fingerprint density at radius 2 is 2.29 bits per heavy atom. The average Bonchev–Trinajstić information content (AvgIpc) is 2.49. The maximum Gasteiger partial charge on any atom is 0.147 e. The van der Waals surface area contributed by atoms with Crippen LogP contribution in [-0.2, 0) is 0 Å². The lowest BCUT2D eigenvalue weighted by molar-refractivity contribution is 0.305. The normalized spacial score (nSPS) is 22.9. The van der Waals surface area contributed by atoms with Crippen LogP contribution in [0, 0.1) is 6.92 Å². The molecule has 0 aromatic carbocycles. The summed E-state index contributed by atoms with van der Waals surface area (Å²) in [7, 11) is 2.11. The molecule has 1 atom stereocenters. The van der Waals surface area contributed by atoms with E-state index in [0.29, 0.717) is 11.2 Å². The van der Waals surface area contributed by atoms with Gasteiger partial charge in [-0.1, -0.05) is 11.6 Å². The summed E-state index contributed by atoms with van der Waals surface area (Å²) in [6.45, 7) is 3.07. The standard InChI is InChI=1S/C10H14ClN3/c1-7-6-9(11)13-10(12-7)8-4-3-5-14(8)2/h6,8H,3-5H2,1-2H3/t8-/m1/s1. The van der Waals surface area contributed by atoms with Gasteiger partial charge in [0.15, 0.2) is 0 Å². The maximum absolute atomic E-state index is 5.91. The molecule has 1 aliphatic heterocycles. The molecule has 0 saturated carbocycles. The van der Waals surface area contributed by atoms with Gasteiger partial charge in [0.1, 0.15) is 11.0 Å². The predicted octanol–water partition coefficient (Wildman–Crippen LogP) is 2.21. The molecule has 1 aromatic rings. The third-order valence-corrected chi connectivity index (χ3v) is 2.85. The van der Waals surface area contributed by atoms with Gasteiger partial charge in [-0.25, -0.2) is 9.97 Å². The van der Waals surface area contributed by atoms with E-state index in [1.54, 1.807) is 6.07 Å². The minimum atomic E-state index is 0.354. The highest BCUT2D eigenvalue weighted by atomic mass is 35.5. The molecule has 1 aromatic heterocycles. The van der Waals surface area contributed by atoms with Crippen molar-refractivity contribution >= 4 is 11.6 Å². The van der Waals surface area contributed by atoms with Crippen LogP contribution in [-0.4, -0.2) is 28.5 Å². The average molecular weight is 212 g/mol. The Morgan fingerprint density at radius 1 is 1.50 bits per heavy atom. The van der Waals surface area contributed by atoms with E-state index in [-0.39, 0.29) is 0 Å². The van der Waals surface area contributed by atoms with Gasteiger partial charge in [-0.3, -0.25) is 4.90 Å². The fourth-order valence-electron chi connectivity index (χ4n) is 1.94. The van der Waals surface area contributed by atoms with Gasteiger partial charge in [0.05, 0.1) is 6.04 Å². The zero-order chi connectivity index (χ0) is 10.1. The quantitative estimate of drug-likeness (QED) is 0.667. The fourth-order valence-corrected chi connectivity index (χ4v) is 2.18. The summed E-state index contributed by atoms with van der Waals surface area (Å²) in [5, 5.41) is 0.549. The lowest BCUT2D eigenvalue weighted by Crippen LogP contribution is -2.19. The number of hydrogen-bond donors (Lipinski definition) is 0. The SMILES string of the molecule is Cc1cc(Cl)nc([C@H]2CCCN2C)n1. The van der Waals surface area contributed by atoms with Crippen LogP contribution in [0.5, 0.6) is 0 Å². The smallest absolute Gasteiger partial charge is 0.147 e. The Balaban J connectivity index is 2.31. The van der Waals surface area contributed by atoms with Crippen molar-refractivity contribution in [1.29, 1.82) is 0 Å².